The normalized spacial score (nSPS) is 17.2. The standard InChI is InChI=1S/C31H29Cl2N3O12P2/c32-11-17-13-35(23-9-25(47-49(41,42)43)19-5-1-3-7-21(19)29(17)23)27(37)15-34(31(39)40)16-28(38)36-14-18(12-33)30-22-8-4-2-6-20(22)26(10-24(30)36)48-50(44,45)46/h1-10,17-18H,11-16H2,(H,39,40)(H2,41,42,43)(H2,44,45,46)/t17-,18-/m1/s1. The predicted octanol–water partition coefficient (Wildman–Crippen LogP) is 4.95. The van der Waals surface area contributed by atoms with Gasteiger partial charge in [0.2, 0.25) is 11.8 Å². The summed E-state index contributed by atoms with van der Waals surface area (Å²) >= 11 is 12.6. The number of carboxylic acid groups (broad SMARTS) is 1. The SMILES string of the molecule is O=C(O)N(CC(=O)N1C[C@@H](CCl)c2c1cc(OP(=O)(O)O)c1ccccc21)CC(=O)N1C[C@@H](CCl)c2c1cc(OP(=O)(O)O)c1ccccc21. The van der Waals surface area contributed by atoms with Crippen LogP contribution in [0.5, 0.6) is 11.5 Å². The molecule has 3 amide bonds. The van der Waals surface area contributed by atoms with Crippen molar-refractivity contribution in [3.05, 3.63) is 71.8 Å². The van der Waals surface area contributed by atoms with Gasteiger partial charge in [-0.05, 0) is 21.9 Å². The van der Waals surface area contributed by atoms with Gasteiger partial charge in [-0.2, -0.15) is 0 Å². The van der Waals surface area contributed by atoms with Gasteiger partial charge in [-0.15, -0.1) is 23.2 Å². The molecule has 4 aromatic rings. The van der Waals surface area contributed by atoms with Crippen LogP contribution >= 0.6 is 38.8 Å². The van der Waals surface area contributed by atoms with Crippen LogP contribution < -0.4 is 18.8 Å². The molecule has 50 heavy (non-hydrogen) atoms. The van der Waals surface area contributed by atoms with Crippen molar-refractivity contribution in [3.63, 3.8) is 0 Å². The minimum absolute atomic E-state index is 0.0226. The lowest BCUT2D eigenvalue weighted by atomic mass is 9.95. The Hall–Kier alpha value is -3.91. The minimum Gasteiger partial charge on any atom is -0.465 e. The number of anilines is 2. The summed E-state index contributed by atoms with van der Waals surface area (Å²) in [5, 5.41) is 11.9. The van der Waals surface area contributed by atoms with Crippen molar-refractivity contribution < 1.29 is 57.2 Å². The third kappa shape index (κ3) is 7.01. The highest BCUT2D eigenvalue weighted by atomic mass is 35.5. The fourth-order valence-corrected chi connectivity index (χ4v) is 7.96. The molecule has 0 aromatic heterocycles. The molecular formula is C31H29Cl2N3O12P2. The molecule has 0 saturated carbocycles. The van der Waals surface area contributed by atoms with Gasteiger partial charge < -0.3 is 24.0 Å². The number of hydrogen-bond acceptors (Lipinski definition) is 7. The molecular weight excluding hydrogens is 739 g/mol. The van der Waals surface area contributed by atoms with Gasteiger partial charge in [0.05, 0.1) is 11.4 Å². The van der Waals surface area contributed by atoms with E-state index >= 15 is 0 Å². The number of rotatable bonds is 10. The molecule has 2 atom stereocenters. The Morgan fingerprint density at radius 1 is 0.700 bits per heavy atom. The fraction of sp³-hybridized carbons (Fsp3) is 0.258. The Balaban J connectivity index is 1.31. The second-order valence-electron chi connectivity index (χ2n) is 11.7. The third-order valence-corrected chi connectivity index (χ3v) is 10.2. The first kappa shape index (κ1) is 35.9. The molecule has 264 valence electrons. The lowest BCUT2D eigenvalue weighted by Crippen LogP contribution is -2.47. The van der Waals surface area contributed by atoms with E-state index in [1.807, 2.05) is 0 Å². The van der Waals surface area contributed by atoms with Crippen molar-refractivity contribution in [2.75, 3.05) is 47.7 Å². The Morgan fingerprint density at radius 2 is 1.06 bits per heavy atom. The highest BCUT2D eigenvalue weighted by molar-refractivity contribution is 7.47. The van der Waals surface area contributed by atoms with Crippen molar-refractivity contribution in [2.24, 2.45) is 0 Å². The van der Waals surface area contributed by atoms with Crippen molar-refractivity contribution in [1.29, 1.82) is 0 Å². The van der Waals surface area contributed by atoms with Gasteiger partial charge in [-0.25, -0.2) is 13.9 Å². The van der Waals surface area contributed by atoms with Crippen LogP contribution in [-0.4, -0.2) is 85.4 Å². The smallest absolute Gasteiger partial charge is 0.465 e. The number of alkyl halides is 2. The summed E-state index contributed by atoms with van der Waals surface area (Å²) in [6.07, 6.45) is -1.58. The monoisotopic (exact) mass is 767 g/mol. The Morgan fingerprint density at radius 3 is 1.38 bits per heavy atom. The Labute approximate surface area is 294 Å². The van der Waals surface area contributed by atoms with Crippen LogP contribution in [0.3, 0.4) is 0 Å². The highest BCUT2D eigenvalue weighted by Crippen LogP contribution is 2.50. The summed E-state index contributed by atoms with van der Waals surface area (Å²) in [4.78, 5) is 81.3. The van der Waals surface area contributed by atoms with Crippen LogP contribution in [0.4, 0.5) is 16.2 Å². The lowest BCUT2D eigenvalue weighted by molar-refractivity contribution is -0.121. The van der Waals surface area contributed by atoms with Crippen molar-refractivity contribution in [1.82, 2.24) is 4.90 Å². The van der Waals surface area contributed by atoms with Crippen LogP contribution in [0.25, 0.3) is 21.5 Å². The second kappa shape index (κ2) is 13.7. The van der Waals surface area contributed by atoms with Crippen LogP contribution in [0.15, 0.2) is 60.7 Å². The minimum atomic E-state index is -5.01. The molecule has 19 heteroatoms. The number of fused-ring (bicyclic) bond motifs is 6. The molecule has 5 N–H and O–H groups in total. The predicted molar refractivity (Wildman–Crippen MR) is 184 cm³/mol. The molecule has 0 aliphatic carbocycles. The largest absolute Gasteiger partial charge is 0.524 e. The maximum Gasteiger partial charge on any atom is 0.524 e. The Bertz CT molecular complexity index is 2000. The average molecular weight is 768 g/mol. The lowest BCUT2D eigenvalue weighted by Gasteiger charge is -2.26. The van der Waals surface area contributed by atoms with Crippen LogP contribution in [0.2, 0.25) is 0 Å². The van der Waals surface area contributed by atoms with Crippen LogP contribution in [-0.2, 0) is 18.7 Å². The molecule has 2 aliphatic heterocycles. The summed E-state index contributed by atoms with van der Waals surface area (Å²) in [5.74, 6) is -2.57. The number of phosphoric ester groups is 2. The van der Waals surface area contributed by atoms with E-state index in [1.54, 1.807) is 48.5 Å². The van der Waals surface area contributed by atoms with Crippen LogP contribution in [0, 0.1) is 0 Å². The zero-order valence-corrected chi connectivity index (χ0v) is 29.1. The number of nitrogens with zero attached hydrogens (tertiary/aromatic N) is 3. The van der Waals surface area contributed by atoms with E-state index in [-0.39, 0.29) is 47.7 Å². The Kier molecular flexibility index (Phi) is 9.81. The summed E-state index contributed by atoms with van der Waals surface area (Å²) in [6, 6.07) is 15.9. The molecule has 0 fully saturated rings. The summed E-state index contributed by atoms with van der Waals surface area (Å²) < 4.78 is 33.5. The van der Waals surface area contributed by atoms with Crippen molar-refractivity contribution in [2.45, 2.75) is 11.8 Å². The first-order valence-corrected chi connectivity index (χ1v) is 19.0. The zero-order chi connectivity index (χ0) is 36.1. The van der Waals surface area contributed by atoms with Gasteiger partial charge >= 0.3 is 21.7 Å². The molecule has 0 spiro atoms. The van der Waals surface area contributed by atoms with Gasteiger partial charge in [-0.1, -0.05) is 48.5 Å². The molecule has 0 bridgehead atoms. The molecule has 0 unspecified atom stereocenters. The molecule has 6 rings (SSSR count). The summed E-state index contributed by atoms with van der Waals surface area (Å²) in [5.41, 5.74) is 1.67. The van der Waals surface area contributed by atoms with E-state index < -0.39 is 58.5 Å². The molecule has 0 radical (unpaired) electrons. The van der Waals surface area contributed by atoms with Crippen molar-refractivity contribution in [3.8, 4) is 11.5 Å². The zero-order valence-electron chi connectivity index (χ0n) is 25.8. The first-order chi connectivity index (χ1) is 23.6. The van der Waals surface area contributed by atoms with E-state index in [1.165, 1.54) is 21.9 Å². The van der Waals surface area contributed by atoms with Gasteiger partial charge in [0.25, 0.3) is 0 Å². The average Bonchev–Trinajstić information content (AvgIpc) is 3.62. The number of hydrogen-bond donors (Lipinski definition) is 5. The summed E-state index contributed by atoms with van der Waals surface area (Å²) in [6.45, 7) is -1.51. The maximum absolute atomic E-state index is 13.8. The second-order valence-corrected chi connectivity index (χ2v) is 14.7. The van der Waals surface area contributed by atoms with Crippen molar-refractivity contribution >= 4 is 89.7 Å². The quantitative estimate of drug-likeness (QED) is 0.107. The number of phosphoric acid groups is 2. The molecule has 2 heterocycles. The maximum atomic E-state index is 13.8. The number of halogens is 2. The molecule has 0 saturated heterocycles. The van der Waals surface area contributed by atoms with Gasteiger partial charge in [0.1, 0.15) is 24.6 Å². The third-order valence-electron chi connectivity index (χ3n) is 8.59. The molecule has 15 nitrogen and oxygen atoms in total. The number of carbonyl (C=O) groups excluding carboxylic acids is 2. The molecule has 2 aliphatic rings. The van der Waals surface area contributed by atoms with Gasteiger partial charge in [-0.3, -0.25) is 34.1 Å². The van der Waals surface area contributed by atoms with E-state index in [4.69, 9.17) is 32.2 Å². The van der Waals surface area contributed by atoms with Gasteiger partial charge in [0.15, 0.2) is 0 Å². The molecule has 4 aromatic carbocycles. The van der Waals surface area contributed by atoms with E-state index in [2.05, 4.69) is 0 Å². The summed E-state index contributed by atoms with van der Waals surface area (Å²) in [7, 11) is -10.0. The highest BCUT2D eigenvalue weighted by Gasteiger charge is 2.39. The fourth-order valence-electron chi connectivity index (χ4n) is 6.65. The van der Waals surface area contributed by atoms with E-state index in [0.29, 0.717) is 37.6 Å². The van der Waals surface area contributed by atoms with E-state index in [0.717, 1.165) is 0 Å². The number of amides is 3. The van der Waals surface area contributed by atoms with Gasteiger partial charge in [0, 0.05) is 59.6 Å². The number of carbonyl (C=O) groups is 3. The van der Waals surface area contributed by atoms with Crippen LogP contribution in [0.1, 0.15) is 23.0 Å². The first-order valence-electron chi connectivity index (χ1n) is 14.9. The number of benzene rings is 4. The van der Waals surface area contributed by atoms with E-state index in [9.17, 15) is 48.2 Å². The topological polar surface area (TPSA) is 215 Å².